The highest BCUT2D eigenvalue weighted by Gasteiger charge is 2.16. The number of benzene rings is 2. The molecule has 0 amide bonds. The Balaban J connectivity index is 2.12. The lowest BCUT2D eigenvalue weighted by atomic mass is 10.2. The highest BCUT2D eigenvalue weighted by Crippen LogP contribution is 2.21. The van der Waals surface area contributed by atoms with Crippen molar-refractivity contribution in [2.24, 2.45) is 0 Å². The second-order valence-corrected chi connectivity index (χ2v) is 6.88. The van der Waals surface area contributed by atoms with E-state index in [0.29, 0.717) is 5.56 Å². The van der Waals surface area contributed by atoms with Gasteiger partial charge in [0, 0.05) is 10.5 Å². The minimum Gasteiger partial charge on any atom is -0.466 e. The zero-order valence-electron chi connectivity index (χ0n) is 12.1. The molecule has 2 rings (SSSR count). The average molecular weight is 397 g/mol. The fraction of sp³-hybridized carbons (Fsp3) is 0.0625. The summed E-state index contributed by atoms with van der Waals surface area (Å²) in [5.74, 6) is -0.286. The number of carbonyl (C=O) groups excluding carboxylic acids is 1. The molecule has 0 atom stereocenters. The summed E-state index contributed by atoms with van der Waals surface area (Å²) in [5, 5.41) is 0. The van der Waals surface area contributed by atoms with Gasteiger partial charge >= 0.3 is 16.1 Å². The van der Waals surface area contributed by atoms with Crippen LogP contribution >= 0.6 is 15.9 Å². The number of esters is 1. The van der Waals surface area contributed by atoms with Gasteiger partial charge in [0.1, 0.15) is 10.6 Å². The van der Waals surface area contributed by atoms with Crippen LogP contribution in [0.25, 0.3) is 6.08 Å². The Morgan fingerprint density at radius 2 is 1.65 bits per heavy atom. The Kier molecular flexibility index (Phi) is 5.57. The average Bonchev–Trinajstić information content (AvgIpc) is 2.54. The third kappa shape index (κ3) is 4.94. The lowest BCUT2D eigenvalue weighted by molar-refractivity contribution is -0.134. The molecule has 5 nitrogen and oxygen atoms in total. The molecule has 0 aliphatic heterocycles. The van der Waals surface area contributed by atoms with Crippen LogP contribution in [0.2, 0.25) is 0 Å². The Morgan fingerprint density at radius 3 is 2.22 bits per heavy atom. The number of carbonyl (C=O) groups is 1. The molecule has 120 valence electrons. The standard InChI is InChI=1S/C16H13BrO5S/c1-21-16(18)11-4-12-2-7-14(8-3-12)22-23(19,20)15-9-5-13(17)6-10-15/h2-11H,1H3/b11-4+. The van der Waals surface area contributed by atoms with E-state index in [9.17, 15) is 13.2 Å². The fourth-order valence-electron chi connectivity index (χ4n) is 1.64. The maximum atomic E-state index is 12.1. The van der Waals surface area contributed by atoms with E-state index in [1.165, 1.54) is 37.5 Å². The number of rotatable bonds is 5. The smallest absolute Gasteiger partial charge is 0.339 e. The maximum absolute atomic E-state index is 12.1. The van der Waals surface area contributed by atoms with E-state index >= 15 is 0 Å². The van der Waals surface area contributed by atoms with Crippen LogP contribution in [0.5, 0.6) is 5.75 Å². The molecule has 23 heavy (non-hydrogen) atoms. The quantitative estimate of drug-likeness (QED) is 0.440. The molecule has 0 bridgehead atoms. The van der Waals surface area contributed by atoms with Crippen molar-refractivity contribution in [3.05, 3.63) is 64.6 Å². The first-order valence-corrected chi connectivity index (χ1v) is 8.67. The summed E-state index contributed by atoms with van der Waals surface area (Å²) in [5.41, 5.74) is 0.712. The van der Waals surface area contributed by atoms with Gasteiger partial charge in [0.05, 0.1) is 7.11 Å². The van der Waals surface area contributed by atoms with Crippen molar-refractivity contribution >= 4 is 38.1 Å². The first-order valence-electron chi connectivity index (χ1n) is 6.47. The van der Waals surface area contributed by atoms with Crippen molar-refractivity contribution in [3.8, 4) is 5.75 Å². The second-order valence-electron chi connectivity index (χ2n) is 4.42. The Labute approximate surface area is 142 Å². The molecular formula is C16H13BrO5S. The molecule has 2 aromatic rings. The predicted octanol–water partition coefficient (Wildman–Crippen LogP) is 3.40. The third-order valence-electron chi connectivity index (χ3n) is 2.80. The van der Waals surface area contributed by atoms with E-state index in [1.54, 1.807) is 30.3 Å². The summed E-state index contributed by atoms with van der Waals surface area (Å²) >= 11 is 3.24. The third-order valence-corrected chi connectivity index (χ3v) is 4.59. The number of hydrogen-bond donors (Lipinski definition) is 0. The van der Waals surface area contributed by atoms with Gasteiger partial charge in [-0.3, -0.25) is 0 Å². The molecule has 0 radical (unpaired) electrons. The predicted molar refractivity (Wildman–Crippen MR) is 89.4 cm³/mol. The monoisotopic (exact) mass is 396 g/mol. The summed E-state index contributed by atoms with van der Waals surface area (Å²) in [6.45, 7) is 0. The van der Waals surface area contributed by atoms with E-state index in [0.717, 1.165) is 4.47 Å². The molecule has 0 heterocycles. The van der Waals surface area contributed by atoms with Crippen LogP contribution in [0.1, 0.15) is 5.56 Å². The van der Waals surface area contributed by atoms with Gasteiger partial charge in [-0.05, 0) is 48.0 Å². The van der Waals surface area contributed by atoms with Crippen LogP contribution in [0.15, 0.2) is 64.0 Å². The molecule has 0 aromatic heterocycles. The van der Waals surface area contributed by atoms with E-state index in [1.807, 2.05) is 0 Å². The highest BCUT2D eigenvalue weighted by molar-refractivity contribution is 9.10. The first-order chi connectivity index (χ1) is 10.9. The van der Waals surface area contributed by atoms with Crippen LogP contribution in [-0.2, 0) is 19.6 Å². The SMILES string of the molecule is COC(=O)/C=C/c1ccc(OS(=O)(=O)c2ccc(Br)cc2)cc1. The number of methoxy groups -OCH3 is 1. The molecule has 0 aliphatic rings. The van der Waals surface area contributed by atoms with E-state index in [-0.39, 0.29) is 10.6 Å². The van der Waals surface area contributed by atoms with Crippen molar-refractivity contribution in [1.82, 2.24) is 0 Å². The molecule has 0 fully saturated rings. The highest BCUT2D eigenvalue weighted by atomic mass is 79.9. The van der Waals surface area contributed by atoms with Crippen LogP contribution in [0.3, 0.4) is 0 Å². The summed E-state index contributed by atoms with van der Waals surface area (Å²) in [6, 6.07) is 12.4. The first kappa shape index (κ1) is 17.2. The molecule has 7 heteroatoms. The number of halogens is 1. The van der Waals surface area contributed by atoms with E-state index < -0.39 is 16.1 Å². The molecule has 0 unspecified atom stereocenters. The minimum atomic E-state index is -3.89. The molecule has 0 N–H and O–H groups in total. The molecule has 0 spiro atoms. The molecule has 0 saturated heterocycles. The van der Waals surface area contributed by atoms with Crippen LogP contribution in [-0.4, -0.2) is 21.5 Å². The lowest BCUT2D eigenvalue weighted by Gasteiger charge is -2.07. The summed E-state index contributed by atoms with van der Waals surface area (Å²) in [6.07, 6.45) is 2.83. The Morgan fingerprint density at radius 1 is 1.04 bits per heavy atom. The van der Waals surface area contributed by atoms with Crippen LogP contribution < -0.4 is 4.18 Å². The van der Waals surface area contributed by atoms with Crippen molar-refractivity contribution < 1.29 is 22.1 Å². The van der Waals surface area contributed by atoms with Crippen molar-refractivity contribution in [2.75, 3.05) is 7.11 Å². The number of hydrogen-bond acceptors (Lipinski definition) is 5. The van der Waals surface area contributed by atoms with Gasteiger partial charge in [0.25, 0.3) is 0 Å². The van der Waals surface area contributed by atoms with Gasteiger partial charge in [-0.2, -0.15) is 8.42 Å². The van der Waals surface area contributed by atoms with Crippen molar-refractivity contribution in [3.63, 3.8) is 0 Å². The Hall–Kier alpha value is -2.12. The van der Waals surface area contributed by atoms with Crippen LogP contribution in [0.4, 0.5) is 0 Å². The van der Waals surface area contributed by atoms with Crippen molar-refractivity contribution in [2.45, 2.75) is 4.90 Å². The molecule has 0 aliphatic carbocycles. The largest absolute Gasteiger partial charge is 0.466 e. The fourth-order valence-corrected chi connectivity index (χ4v) is 2.84. The molecule has 0 saturated carbocycles. The minimum absolute atomic E-state index is 0.0652. The Bertz CT molecular complexity index is 809. The topological polar surface area (TPSA) is 69.7 Å². The second kappa shape index (κ2) is 7.43. The van der Waals surface area contributed by atoms with Gasteiger partial charge in [-0.25, -0.2) is 4.79 Å². The normalized spacial score (nSPS) is 11.4. The van der Waals surface area contributed by atoms with E-state index in [2.05, 4.69) is 20.7 Å². The van der Waals surface area contributed by atoms with Gasteiger partial charge in [0.15, 0.2) is 0 Å². The summed E-state index contributed by atoms with van der Waals surface area (Å²) < 4.78 is 34.6. The van der Waals surface area contributed by atoms with E-state index in [4.69, 9.17) is 4.18 Å². The van der Waals surface area contributed by atoms with Crippen LogP contribution in [0, 0.1) is 0 Å². The van der Waals surface area contributed by atoms with Crippen molar-refractivity contribution in [1.29, 1.82) is 0 Å². The van der Waals surface area contributed by atoms with Gasteiger partial charge in [-0.15, -0.1) is 0 Å². The number of ether oxygens (including phenoxy) is 1. The summed E-state index contributed by atoms with van der Waals surface area (Å²) in [7, 11) is -2.60. The maximum Gasteiger partial charge on any atom is 0.339 e. The summed E-state index contributed by atoms with van der Waals surface area (Å²) in [4.78, 5) is 11.1. The zero-order chi connectivity index (χ0) is 16.9. The van der Waals surface area contributed by atoms with Gasteiger partial charge in [0.2, 0.25) is 0 Å². The van der Waals surface area contributed by atoms with Gasteiger partial charge in [-0.1, -0.05) is 28.1 Å². The lowest BCUT2D eigenvalue weighted by Crippen LogP contribution is -2.09. The molecule has 2 aromatic carbocycles. The van der Waals surface area contributed by atoms with Gasteiger partial charge < -0.3 is 8.92 Å². The molecular weight excluding hydrogens is 384 g/mol. The zero-order valence-corrected chi connectivity index (χ0v) is 14.5.